The van der Waals surface area contributed by atoms with E-state index in [1.165, 1.54) is 0 Å². The molecule has 0 aromatic heterocycles. The minimum atomic E-state index is -1.03. The Bertz CT molecular complexity index is 94.2. The van der Waals surface area contributed by atoms with Crippen molar-refractivity contribution in [1.82, 2.24) is 0 Å². The fourth-order valence-electron chi connectivity index (χ4n) is 0.670. The van der Waals surface area contributed by atoms with Crippen LogP contribution in [-0.4, -0.2) is 39.2 Å². The van der Waals surface area contributed by atoms with Gasteiger partial charge < -0.3 is 0 Å². The Morgan fingerprint density at radius 3 is 1.10 bits per heavy atom. The Labute approximate surface area is 70.0 Å². The summed E-state index contributed by atoms with van der Waals surface area (Å²) >= 11 is 0. The summed E-state index contributed by atoms with van der Waals surface area (Å²) in [6.45, 7) is 3.16. The van der Waals surface area contributed by atoms with Crippen molar-refractivity contribution in [3.63, 3.8) is 0 Å². The highest BCUT2D eigenvalue weighted by atomic mass is 14.2. The molecule has 0 aromatic rings. The van der Waals surface area contributed by atoms with Gasteiger partial charge in [0.25, 0.3) is 0 Å². The van der Waals surface area contributed by atoms with Gasteiger partial charge in [0, 0.05) is 0 Å². The second kappa shape index (κ2) is 2.75. The first kappa shape index (κ1) is 10.3. The van der Waals surface area contributed by atoms with E-state index in [9.17, 15) is 0 Å². The van der Waals surface area contributed by atoms with Crippen LogP contribution in [0.1, 0.15) is 13.8 Å². The van der Waals surface area contributed by atoms with Gasteiger partial charge in [0.2, 0.25) is 0 Å². The average molecular weight is 121 g/mol. The molecule has 0 saturated heterocycles. The Morgan fingerprint density at radius 1 is 0.900 bits per heavy atom. The van der Waals surface area contributed by atoms with Crippen LogP contribution in [0.5, 0.6) is 0 Å². The second-order valence-electron chi connectivity index (χ2n) is 3.21. The molecule has 0 aliphatic heterocycles. The predicted octanol–water partition coefficient (Wildman–Crippen LogP) is -0.110. The van der Waals surface area contributed by atoms with Crippen molar-refractivity contribution >= 4 is 39.2 Å². The zero-order chi connectivity index (χ0) is 8.58. The van der Waals surface area contributed by atoms with Crippen LogP contribution >= 0.6 is 0 Å². The van der Waals surface area contributed by atoms with Crippen LogP contribution in [0.3, 0.4) is 0 Å². The van der Waals surface area contributed by atoms with E-state index in [4.69, 9.17) is 39.2 Å². The van der Waals surface area contributed by atoms with Gasteiger partial charge in [0.1, 0.15) is 0 Å². The first-order valence-corrected chi connectivity index (χ1v) is 3.07. The molecule has 0 atom stereocenters. The first-order chi connectivity index (χ1) is 4.15. The Kier molecular flexibility index (Phi) is 2.84. The molecule has 0 nitrogen and oxygen atoms in total. The van der Waals surface area contributed by atoms with Crippen molar-refractivity contribution in [1.29, 1.82) is 0 Å². The molecule has 0 aromatic carbocycles. The van der Waals surface area contributed by atoms with E-state index in [1.54, 1.807) is 13.8 Å². The van der Waals surface area contributed by atoms with E-state index in [-0.39, 0.29) is 0 Å². The molecule has 0 bridgehead atoms. The molecule has 5 heteroatoms. The number of rotatable bonds is 2. The Morgan fingerprint density at radius 2 is 1.10 bits per heavy atom. The Hall–Kier alpha value is 0.325. The van der Waals surface area contributed by atoms with Gasteiger partial charge in [-0.05, 0) is 0 Å². The van der Waals surface area contributed by atoms with E-state index >= 15 is 0 Å². The third-order valence-electron chi connectivity index (χ3n) is 1.34. The van der Waals surface area contributed by atoms with Gasteiger partial charge in [-0.25, -0.2) is 0 Å². The summed E-state index contributed by atoms with van der Waals surface area (Å²) in [6.07, 6.45) is 0. The van der Waals surface area contributed by atoms with Gasteiger partial charge >= 0.3 is 0 Å². The monoisotopic (exact) mass is 122 g/mol. The van der Waals surface area contributed by atoms with Gasteiger partial charge in [-0.1, -0.05) is 19.7 Å². The molecule has 0 aliphatic carbocycles. The lowest BCUT2D eigenvalue weighted by Crippen LogP contribution is -2.27. The predicted molar refractivity (Wildman–Crippen MR) is 49.3 cm³/mol. The maximum Gasteiger partial charge on any atom is 0.0674 e. The third-order valence-corrected chi connectivity index (χ3v) is 1.34. The Balaban J connectivity index is 4.23. The smallest absolute Gasteiger partial charge is 0.0674 e. The summed E-state index contributed by atoms with van der Waals surface area (Å²) in [4.78, 5) is 0. The second-order valence-corrected chi connectivity index (χ2v) is 3.21. The standard InChI is InChI=1S/C5H7B5/c1-4(7,8)3(6)5(2,9)10/h3H,1-2H3. The van der Waals surface area contributed by atoms with E-state index in [1.807, 2.05) is 0 Å². The molecule has 10 heavy (non-hydrogen) atoms. The van der Waals surface area contributed by atoms with Crippen LogP contribution in [0.4, 0.5) is 0 Å². The molecule has 0 rings (SSSR count). The topological polar surface area (TPSA) is 0 Å². The molecular formula is C5H7B5. The van der Waals surface area contributed by atoms with Crippen LogP contribution in [0, 0.1) is 0 Å². The quantitative estimate of drug-likeness (QED) is 0.447. The van der Waals surface area contributed by atoms with Crippen molar-refractivity contribution in [2.24, 2.45) is 0 Å². The van der Waals surface area contributed by atoms with Gasteiger partial charge in [-0.3, -0.25) is 0 Å². The molecule has 10 radical (unpaired) electrons. The highest BCUT2D eigenvalue weighted by Crippen LogP contribution is 2.44. The highest BCUT2D eigenvalue weighted by Gasteiger charge is 2.28. The fraction of sp³-hybridized carbons (Fsp3) is 1.00. The molecule has 0 aliphatic rings. The zero-order valence-electron chi connectivity index (χ0n) is 6.46. The molecule has 0 unspecified atom stereocenters. The number of hydrogen-bond acceptors (Lipinski definition) is 0. The van der Waals surface area contributed by atoms with E-state index in [0.717, 1.165) is 0 Å². The summed E-state index contributed by atoms with van der Waals surface area (Å²) in [6, 6.07) is 0. The summed E-state index contributed by atoms with van der Waals surface area (Å²) in [5.74, 6) is -0.625. The maximum atomic E-state index is 5.53. The summed E-state index contributed by atoms with van der Waals surface area (Å²) in [5.41, 5.74) is 0. The van der Waals surface area contributed by atoms with E-state index < -0.39 is 16.2 Å². The maximum absolute atomic E-state index is 5.53. The van der Waals surface area contributed by atoms with E-state index in [2.05, 4.69) is 0 Å². The molecule has 0 amide bonds. The first-order valence-electron chi connectivity index (χ1n) is 3.07. The normalized spacial score (nSPS) is 13.9. The van der Waals surface area contributed by atoms with Crippen LogP contribution in [0.25, 0.3) is 0 Å². The molecular weight excluding hydrogens is 114 g/mol. The van der Waals surface area contributed by atoms with Crippen molar-refractivity contribution in [3.05, 3.63) is 0 Å². The van der Waals surface area contributed by atoms with Crippen LogP contribution in [0.15, 0.2) is 0 Å². The van der Waals surface area contributed by atoms with Gasteiger partial charge in [-0.2, -0.15) is 0 Å². The van der Waals surface area contributed by atoms with Gasteiger partial charge in [-0.15, -0.1) is 10.4 Å². The molecule has 0 saturated carbocycles. The lowest BCUT2D eigenvalue weighted by atomic mass is 9.32. The van der Waals surface area contributed by atoms with Gasteiger partial charge in [0.05, 0.1) is 39.2 Å². The largest absolute Gasteiger partial charge is 0.107 e. The van der Waals surface area contributed by atoms with E-state index in [0.29, 0.717) is 0 Å². The lowest BCUT2D eigenvalue weighted by Gasteiger charge is -2.40. The minimum absolute atomic E-state index is 0.625. The fourth-order valence-corrected chi connectivity index (χ4v) is 0.670. The van der Waals surface area contributed by atoms with Crippen molar-refractivity contribution < 1.29 is 0 Å². The van der Waals surface area contributed by atoms with Crippen molar-refractivity contribution in [2.75, 3.05) is 0 Å². The van der Waals surface area contributed by atoms with Gasteiger partial charge in [0.15, 0.2) is 0 Å². The average Bonchev–Trinajstić information content (AvgIpc) is 1.59. The van der Waals surface area contributed by atoms with Crippen molar-refractivity contribution in [2.45, 2.75) is 30.1 Å². The SMILES string of the molecule is [B]C(C([B])([B])C)C([B])([B])C. The molecule has 0 spiro atoms. The molecule has 42 valence electrons. The summed E-state index contributed by atoms with van der Waals surface area (Å²) in [7, 11) is 27.4. The molecule has 0 heterocycles. The van der Waals surface area contributed by atoms with Crippen LogP contribution < -0.4 is 0 Å². The molecule has 0 N–H and O–H groups in total. The summed E-state index contributed by atoms with van der Waals surface area (Å²) < 4.78 is 0. The zero-order valence-corrected chi connectivity index (χ0v) is 6.46. The summed E-state index contributed by atoms with van der Waals surface area (Å²) in [5, 5.41) is -2.06. The minimum Gasteiger partial charge on any atom is -0.107 e. The van der Waals surface area contributed by atoms with Crippen LogP contribution in [0.2, 0.25) is 16.2 Å². The van der Waals surface area contributed by atoms with Crippen molar-refractivity contribution in [3.8, 4) is 0 Å². The lowest BCUT2D eigenvalue weighted by molar-refractivity contribution is 0.666. The van der Waals surface area contributed by atoms with Crippen LogP contribution in [-0.2, 0) is 0 Å². The number of hydrogen-bond donors (Lipinski definition) is 0. The highest BCUT2D eigenvalue weighted by molar-refractivity contribution is 6.49. The molecule has 0 fully saturated rings. The third kappa shape index (κ3) is 2.94.